The first-order valence-electron chi connectivity index (χ1n) is 10.5. The van der Waals surface area contributed by atoms with E-state index < -0.39 is 5.91 Å². The van der Waals surface area contributed by atoms with Gasteiger partial charge in [-0.15, -0.1) is 0 Å². The second-order valence-electron chi connectivity index (χ2n) is 7.84. The van der Waals surface area contributed by atoms with Crippen LogP contribution in [0.5, 0.6) is 0 Å². The van der Waals surface area contributed by atoms with E-state index in [0.717, 1.165) is 40.8 Å². The molecule has 0 atom stereocenters. The third-order valence-electron chi connectivity index (χ3n) is 5.69. The van der Waals surface area contributed by atoms with Crippen LogP contribution in [0.2, 0.25) is 5.02 Å². The van der Waals surface area contributed by atoms with E-state index in [0.29, 0.717) is 16.4 Å². The third kappa shape index (κ3) is 4.78. The molecule has 1 aliphatic rings. The number of nitrogens with zero attached hydrogens (tertiary/aromatic N) is 2. The van der Waals surface area contributed by atoms with E-state index in [1.165, 1.54) is 19.3 Å². The Balaban J connectivity index is 1.82. The maximum absolute atomic E-state index is 11.9. The van der Waals surface area contributed by atoms with Crippen molar-refractivity contribution in [1.29, 1.82) is 0 Å². The van der Waals surface area contributed by atoms with Gasteiger partial charge >= 0.3 is 0 Å². The Bertz CT molecular complexity index is 1120. The fourth-order valence-corrected chi connectivity index (χ4v) is 4.26. The van der Waals surface area contributed by atoms with Crippen LogP contribution >= 0.6 is 11.6 Å². The highest BCUT2D eigenvalue weighted by Gasteiger charge is 2.17. The summed E-state index contributed by atoms with van der Waals surface area (Å²) in [5.41, 5.74) is 16.4. The van der Waals surface area contributed by atoms with Gasteiger partial charge in [-0.2, -0.15) is 0 Å². The summed E-state index contributed by atoms with van der Waals surface area (Å²) in [5.74, 6) is -0.0123. The Morgan fingerprint density at radius 3 is 2.48 bits per heavy atom. The Hall–Kier alpha value is -3.18. The molecule has 1 aliphatic carbocycles. The maximum Gasteiger partial charge on any atom is 0.248 e. The van der Waals surface area contributed by atoms with E-state index in [1.807, 2.05) is 42.5 Å². The first-order chi connectivity index (χ1) is 15.0. The lowest BCUT2D eigenvalue weighted by molar-refractivity contribution is 0.100. The number of benzene rings is 2. The van der Waals surface area contributed by atoms with Crippen LogP contribution in [0.25, 0.3) is 22.4 Å². The molecule has 0 aliphatic heterocycles. The molecule has 31 heavy (non-hydrogen) atoms. The number of carbonyl (C=O) groups excluding carboxylic acids is 1. The highest BCUT2D eigenvalue weighted by atomic mass is 35.5. The summed E-state index contributed by atoms with van der Waals surface area (Å²) in [6.07, 6.45) is 7.46. The molecule has 1 heterocycles. The molecular formula is C25H25ClN4O. The van der Waals surface area contributed by atoms with Gasteiger partial charge in [0, 0.05) is 27.9 Å². The average molecular weight is 433 g/mol. The highest BCUT2D eigenvalue weighted by molar-refractivity contribution is 6.33. The minimum Gasteiger partial charge on any atom is -0.383 e. The molecule has 1 saturated carbocycles. The zero-order chi connectivity index (χ0) is 21.8. The van der Waals surface area contributed by atoms with Gasteiger partial charge in [0.25, 0.3) is 0 Å². The van der Waals surface area contributed by atoms with Gasteiger partial charge in [-0.3, -0.25) is 14.8 Å². The highest BCUT2D eigenvalue weighted by Crippen LogP contribution is 2.33. The van der Waals surface area contributed by atoms with Crippen molar-refractivity contribution in [2.75, 3.05) is 0 Å². The molecule has 1 amide bonds. The van der Waals surface area contributed by atoms with Gasteiger partial charge in [0.05, 0.1) is 11.7 Å². The van der Waals surface area contributed by atoms with Gasteiger partial charge in [0.1, 0.15) is 5.84 Å². The number of hydrogen-bond donors (Lipinski definition) is 2. The summed E-state index contributed by atoms with van der Waals surface area (Å²) >= 11 is 6.47. The minimum absolute atomic E-state index is 0.242. The molecule has 0 saturated heterocycles. The van der Waals surface area contributed by atoms with Crippen LogP contribution in [-0.4, -0.2) is 22.8 Å². The monoisotopic (exact) mass is 432 g/mol. The molecule has 0 radical (unpaired) electrons. The number of pyridine rings is 1. The van der Waals surface area contributed by atoms with Crippen LogP contribution in [0.15, 0.2) is 65.8 Å². The number of primary amides is 1. The molecular weight excluding hydrogens is 408 g/mol. The number of nitrogens with two attached hydrogens (primary N) is 2. The lowest BCUT2D eigenvalue weighted by Gasteiger charge is -2.19. The van der Waals surface area contributed by atoms with Crippen molar-refractivity contribution >= 4 is 23.3 Å². The number of amidine groups is 1. The van der Waals surface area contributed by atoms with Gasteiger partial charge in [-0.25, -0.2) is 0 Å². The summed E-state index contributed by atoms with van der Waals surface area (Å²) in [6.45, 7) is 0. The third-order valence-corrected chi connectivity index (χ3v) is 6.02. The molecule has 1 fully saturated rings. The summed E-state index contributed by atoms with van der Waals surface area (Å²) in [7, 11) is 0. The Morgan fingerprint density at radius 1 is 0.968 bits per heavy atom. The van der Waals surface area contributed by atoms with Crippen LogP contribution in [0.3, 0.4) is 0 Å². The molecule has 4 rings (SSSR count). The minimum atomic E-state index is -0.491. The Kier molecular flexibility index (Phi) is 6.33. The molecule has 5 nitrogen and oxygen atoms in total. The first-order valence-corrected chi connectivity index (χ1v) is 10.9. The number of aromatic nitrogens is 1. The van der Waals surface area contributed by atoms with Gasteiger partial charge in [0.2, 0.25) is 5.91 Å². The van der Waals surface area contributed by atoms with Crippen molar-refractivity contribution < 1.29 is 4.79 Å². The standard InChI is InChI=1S/C25H25ClN4O/c26-22-12-10-16(14-21(22)23-8-4-5-13-29-23)20-15-17(25(28)31)9-11-19(20)24(27)30-18-6-2-1-3-7-18/h4-5,8-15,18H,1-3,6-7H2,(H2,27,30)(H2,28,31). The largest absolute Gasteiger partial charge is 0.383 e. The summed E-state index contributed by atoms with van der Waals surface area (Å²) in [6, 6.07) is 16.9. The zero-order valence-corrected chi connectivity index (χ0v) is 18.0. The van der Waals surface area contributed by atoms with Crippen molar-refractivity contribution in [1.82, 2.24) is 4.98 Å². The van der Waals surface area contributed by atoms with E-state index in [4.69, 9.17) is 28.1 Å². The second kappa shape index (κ2) is 9.31. The van der Waals surface area contributed by atoms with Gasteiger partial charge < -0.3 is 11.5 Å². The predicted octanol–water partition coefficient (Wildman–Crippen LogP) is 5.21. The van der Waals surface area contributed by atoms with Crippen molar-refractivity contribution in [3.63, 3.8) is 0 Å². The SMILES string of the molecule is NC(=O)c1ccc(C(N)=NC2CCCCC2)c(-c2ccc(Cl)c(-c3ccccn3)c2)c1. The van der Waals surface area contributed by atoms with Gasteiger partial charge in [0.15, 0.2) is 0 Å². The summed E-state index contributed by atoms with van der Waals surface area (Å²) in [5, 5.41) is 0.596. The van der Waals surface area contributed by atoms with E-state index in [9.17, 15) is 4.79 Å². The molecule has 0 spiro atoms. The zero-order valence-electron chi connectivity index (χ0n) is 17.2. The van der Waals surface area contributed by atoms with Crippen molar-refractivity contribution in [3.05, 3.63) is 76.9 Å². The van der Waals surface area contributed by atoms with E-state index >= 15 is 0 Å². The lowest BCUT2D eigenvalue weighted by atomic mass is 9.93. The van der Waals surface area contributed by atoms with Crippen molar-refractivity contribution in [2.45, 2.75) is 38.1 Å². The van der Waals surface area contributed by atoms with Crippen LogP contribution in [0, 0.1) is 0 Å². The molecule has 1 aromatic heterocycles. The fraction of sp³-hybridized carbons (Fsp3) is 0.240. The summed E-state index contributed by atoms with van der Waals surface area (Å²) < 4.78 is 0. The first kappa shape index (κ1) is 21.1. The smallest absolute Gasteiger partial charge is 0.248 e. The molecule has 2 aromatic carbocycles. The number of rotatable bonds is 5. The molecule has 3 aromatic rings. The quantitative estimate of drug-likeness (QED) is 0.428. The van der Waals surface area contributed by atoms with Crippen LogP contribution in [-0.2, 0) is 0 Å². The van der Waals surface area contributed by atoms with Crippen LogP contribution in [0.4, 0.5) is 0 Å². The number of amides is 1. The van der Waals surface area contributed by atoms with Crippen LogP contribution < -0.4 is 11.5 Å². The predicted molar refractivity (Wildman–Crippen MR) is 126 cm³/mol. The summed E-state index contributed by atoms with van der Waals surface area (Å²) in [4.78, 5) is 21.1. The molecule has 6 heteroatoms. The van der Waals surface area contributed by atoms with E-state index in [2.05, 4.69) is 4.98 Å². The van der Waals surface area contributed by atoms with Crippen molar-refractivity contribution in [3.8, 4) is 22.4 Å². The number of carbonyl (C=O) groups is 1. The fourth-order valence-electron chi connectivity index (χ4n) is 4.05. The number of halogens is 1. The van der Waals surface area contributed by atoms with Gasteiger partial charge in [-0.05, 0) is 66.4 Å². The molecule has 158 valence electrons. The van der Waals surface area contributed by atoms with E-state index in [1.54, 1.807) is 18.3 Å². The Labute approximate surface area is 187 Å². The molecule has 0 bridgehead atoms. The Morgan fingerprint density at radius 2 is 1.77 bits per heavy atom. The molecule has 4 N–H and O–H groups in total. The second-order valence-corrected chi connectivity index (χ2v) is 8.25. The number of hydrogen-bond acceptors (Lipinski definition) is 3. The van der Waals surface area contributed by atoms with Crippen molar-refractivity contribution in [2.24, 2.45) is 16.5 Å². The van der Waals surface area contributed by atoms with Crippen LogP contribution in [0.1, 0.15) is 48.0 Å². The number of aliphatic imine (C=N–C) groups is 1. The topological polar surface area (TPSA) is 94.4 Å². The van der Waals surface area contributed by atoms with E-state index in [-0.39, 0.29) is 6.04 Å². The maximum atomic E-state index is 11.9. The van der Waals surface area contributed by atoms with Gasteiger partial charge in [-0.1, -0.05) is 43.0 Å². The average Bonchev–Trinajstić information content (AvgIpc) is 2.80. The normalized spacial score (nSPS) is 15.1. The lowest BCUT2D eigenvalue weighted by Crippen LogP contribution is -2.21. The molecule has 0 unspecified atom stereocenters.